The zero-order valence-electron chi connectivity index (χ0n) is 14.6. The molecule has 0 radical (unpaired) electrons. The molecule has 0 N–H and O–H groups in total. The summed E-state index contributed by atoms with van der Waals surface area (Å²) in [4.78, 5) is 12.4. The molecule has 29 heavy (non-hydrogen) atoms. The molecule has 0 spiro atoms. The summed E-state index contributed by atoms with van der Waals surface area (Å²) in [7, 11) is -4.09. The molecule has 0 aliphatic carbocycles. The average molecular weight is 431 g/mol. The number of rotatable bonds is 4. The van der Waals surface area contributed by atoms with Crippen LogP contribution in [0.1, 0.15) is 15.9 Å². The number of hydrogen-bond donors (Lipinski definition) is 0. The highest BCUT2D eigenvalue weighted by Gasteiger charge is 2.29. The molecule has 1 heterocycles. The third kappa shape index (κ3) is 3.87. The van der Waals surface area contributed by atoms with Gasteiger partial charge in [-0.2, -0.15) is 8.42 Å². The van der Waals surface area contributed by atoms with Gasteiger partial charge in [0.15, 0.2) is 5.76 Å². The quantitative estimate of drug-likeness (QED) is 0.436. The number of allylic oxidation sites excluding steroid dienone is 1. The molecule has 0 aromatic heterocycles. The van der Waals surface area contributed by atoms with Gasteiger partial charge in [-0.3, -0.25) is 4.79 Å². The fraction of sp³-hybridized carbons (Fsp3) is 0. The van der Waals surface area contributed by atoms with E-state index < -0.39 is 21.7 Å². The molecule has 0 saturated carbocycles. The first-order chi connectivity index (χ1) is 13.8. The lowest BCUT2D eigenvalue weighted by molar-refractivity contribution is 0.101. The van der Waals surface area contributed by atoms with Crippen molar-refractivity contribution in [3.05, 3.63) is 94.5 Å². The van der Waals surface area contributed by atoms with Gasteiger partial charge in [-0.1, -0.05) is 29.8 Å². The number of carbonyl (C=O) groups excluding carboxylic acids is 1. The van der Waals surface area contributed by atoms with Crippen LogP contribution in [-0.4, -0.2) is 14.2 Å². The van der Waals surface area contributed by atoms with Crippen molar-refractivity contribution in [3.8, 4) is 11.5 Å². The van der Waals surface area contributed by atoms with Gasteiger partial charge in [0.25, 0.3) is 0 Å². The van der Waals surface area contributed by atoms with E-state index in [1.807, 2.05) is 0 Å². The minimum Gasteiger partial charge on any atom is -0.452 e. The Balaban J connectivity index is 1.61. The molecule has 0 saturated heterocycles. The Hall–Kier alpha value is -3.16. The van der Waals surface area contributed by atoms with Crippen LogP contribution >= 0.6 is 11.6 Å². The monoisotopic (exact) mass is 430 g/mol. The van der Waals surface area contributed by atoms with Crippen LogP contribution in [-0.2, 0) is 10.1 Å². The van der Waals surface area contributed by atoms with Gasteiger partial charge in [-0.25, -0.2) is 4.39 Å². The Bertz CT molecular complexity index is 1250. The number of carbonyl (C=O) groups is 1. The van der Waals surface area contributed by atoms with E-state index in [4.69, 9.17) is 20.5 Å². The van der Waals surface area contributed by atoms with Gasteiger partial charge in [0.2, 0.25) is 5.78 Å². The lowest BCUT2D eigenvalue weighted by Crippen LogP contribution is -2.09. The normalized spacial score (nSPS) is 14.6. The first kappa shape index (κ1) is 19.2. The molecular weight excluding hydrogens is 419 g/mol. The molecule has 4 rings (SSSR count). The molecule has 8 heteroatoms. The van der Waals surface area contributed by atoms with Gasteiger partial charge in [0.05, 0.1) is 5.56 Å². The number of halogens is 2. The van der Waals surface area contributed by atoms with Gasteiger partial charge in [0, 0.05) is 16.7 Å². The van der Waals surface area contributed by atoms with Crippen LogP contribution in [0.2, 0.25) is 5.02 Å². The Kier molecular flexibility index (Phi) is 4.86. The number of ketones is 1. The standard InChI is InChI=1S/C21H12ClFO5S/c22-14-5-8-16(9-6-14)29(25,26)28-15-7-10-17-19(12-15)27-20(21(17)24)11-13-3-1-2-4-18(13)23/h1-12H. The molecule has 5 nitrogen and oxygen atoms in total. The summed E-state index contributed by atoms with van der Waals surface area (Å²) < 4.78 is 49.2. The maximum absolute atomic E-state index is 13.8. The SMILES string of the molecule is O=C1C(=Cc2ccccc2F)Oc2cc(OS(=O)(=O)c3ccc(Cl)cc3)ccc21. The van der Waals surface area contributed by atoms with Gasteiger partial charge in [-0.05, 0) is 48.5 Å². The Morgan fingerprint density at radius 2 is 1.72 bits per heavy atom. The minimum atomic E-state index is -4.09. The van der Waals surface area contributed by atoms with Crippen molar-refractivity contribution < 1.29 is 26.5 Å². The highest BCUT2D eigenvalue weighted by atomic mass is 35.5. The summed E-state index contributed by atoms with van der Waals surface area (Å²) in [6.07, 6.45) is 1.29. The molecule has 1 aliphatic rings. The lowest BCUT2D eigenvalue weighted by atomic mass is 10.1. The Morgan fingerprint density at radius 3 is 2.45 bits per heavy atom. The van der Waals surface area contributed by atoms with Crippen molar-refractivity contribution in [2.75, 3.05) is 0 Å². The van der Waals surface area contributed by atoms with Crippen LogP contribution < -0.4 is 8.92 Å². The maximum Gasteiger partial charge on any atom is 0.339 e. The van der Waals surface area contributed by atoms with Crippen molar-refractivity contribution in [1.29, 1.82) is 0 Å². The van der Waals surface area contributed by atoms with Crippen LogP contribution in [0, 0.1) is 5.82 Å². The van der Waals surface area contributed by atoms with Crippen molar-refractivity contribution in [2.45, 2.75) is 4.90 Å². The zero-order valence-corrected chi connectivity index (χ0v) is 16.2. The van der Waals surface area contributed by atoms with E-state index in [1.54, 1.807) is 6.07 Å². The minimum absolute atomic E-state index is 0.0290. The Labute approximate surface area is 171 Å². The smallest absolute Gasteiger partial charge is 0.339 e. The topological polar surface area (TPSA) is 69.7 Å². The van der Waals surface area contributed by atoms with Crippen molar-refractivity contribution in [1.82, 2.24) is 0 Å². The predicted octanol–water partition coefficient (Wildman–Crippen LogP) is 4.86. The van der Waals surface area contributed by atoms with Crippen LogP contribution in [0.5, 0.6) is 11.5 Å². The van der Waals surface area contributed by atoms with E-state index >= 15 is 0 Å². The third-order valence-corrected chi connectivity index (χ3v) is 5.65. The molecule has 0 amide bonds. The van der Waals surface area contributed by atoms with Gasteiger partial charge in [-0.15, -0.1) is 0 Å². The number of hydrogen-bond acceptors (Lipinski definition) is 5. The number of fused-ring (bicyclic) bond motifs is 1. The van der Waals surface area contributed by atoms with E-state index in [1.165, 1.54) is 66.7 Å². The highest BCUT2D eigenvalue weighted by molar-refractivity contribution is 7.87. The van der Waals surface area contributed by atoms with Crippen LogP contribution in [0.15, 0.2) is 77.4 Å². The third-order valence-electron chi connectivity index (χ3n) is 4.14. The second-order valence-electron chi connectivity index (χ2n) is 6.11. The summed E-state index contributed by atoms with van der Waals surface area (Å²) in [6, 6.07) is 15.5. The van der Waals surface area contributed by atoms with Crippen LogP contribution in [0.4, 0.5) is 4.39 Å². The summed E-state index contributed by atoms with van der Waals surface area (Å²) >= 11 is 5.77. The second-order valence-corrected chi connectivity index (χ2v) is 8.09. The largest absolute Gasteiger partial charge is 0.452 e. The zero-order chi connectivity index (χ0) is 20.6. The summed E-state index contributed by atoms with van der Waals surface area (Å²) in [6.45, 7) is 0. The van der Waals surface area contributed by atoms with E-state index in [9.17, 15) is 17.6 Å². The number of Topliss-reactive ketones (excluding diaryl/α,β-unsaturated/α-hetero) is 1. The Morgan fingerprint density at radius 1 is 1.00 bits per heavy atom. The molecule has 146 valence electrons. The molecule has 3 aromatic carbocycles. The second kappa shape index (κ2) is 7.35. The van der Waals surface area contributed by atoms with E-state index in [0.29, 0.717) is 5.02 Å². The van der Waals surface area contributed by atoms with Crippen molar-refractivity contribution >= 4 is 33.6 Å². The van der Waals surface area contributed by atoms with Gasteiger partial charge in [0.1, 0.15) is 22.2 Å². The van der Waals surface area contributed by atoms with Crippen LogP contribution in [0.3, 0.4) is 0 Å². The molecule has 0 bridgehead atoms. The molecule has 0 fully saturated rings. The first-order valence-electron chi connectivity index (χ1n) is 8.36. The number of ether oxygens (including phenoxy) is 1. The fourth-order valence-corrected chi connectivity index (χ4v) is 3.78. The average Bonchev–Trinajstić information content (AvgIpc) is 2.98. The van der Waals surface area contributed by atoms with Gasteiger partial charge >= 0.3 is 10.1 Å². The predicted molar refractivity (Wildman–Crippen MR) is 105 cm³/mol. The molecule has 1 aliphatic heterocycles. The van der Waals surface area contributed by atoms with Crippen molar-refractivity contribution in [2.24, 2.45) is 0 Å². The first-order valence-corrected chi connectivity index (χ1v) is 10.1. The highest BCUT2D eigenvalue weighted by Crippen LogP contribution is 2.35. The van der Waals surface area contributed by atoms with Crippen LogP contribution in [0.25, 0.3) is 6.08 Å². The molecule has 3 aromatic rings. The molecule has 0 atom stereocenters. The maximum atomic E-state index is 13.8. The van der Waals surface area contributed by atoms with Gasteiger partial charge < -0.3 is 8.92 Å². The van der Waals surface area contributed by atoms with E-state index in [2.05, 4.69) is 0 Å². The van der Waals surface area contributed by atoms with E-state index in [0.717, 1.165) is 0 Å². The summed E-state index contributed by atoms with van der Waals surface area (Å²) in [5.41, 5.74) is 0.425. The molecule has 0 unspecified atom stereocenters. The summed E-state index contributed by atoms with van der Waals surface area (Å²) in [5, 5.41) is 0.391. The van der Waals surface area contributed by atoms with Crippen molar-refractivity contribution in [3.63, 3.8) is 0 Å². The lowest BCUT2D eigenvalue weighted by Gasteiger charge is -2.08. The summed E-state index contributed by atoms with van der Waals surface area (Å²) in [5.74, 6) is -0.899. The van der Waals surface area contributed by atoms with E-state index in [-0.39, 0.29) is 33.3 Å². The fourth-order valence-electron chi connectivity index (χ4n) is 2.73. The number of benzene rings is 3. The molecular formula is C21H12ClFO5S.